The molecule has 1 fully saturated rings. The summed E-state index contributed by atoms with van der Waals surface area (Å²) in [6.07, 6.45) is 0.633. The zero-order valence-electron chi connectivity index (χ0n) is 14.7. The summed E-state index contributed by atoms with van der Waals surface area (Å²) < 4.78 is 10.7. The van der Waals surface area contributed by atoms with Crippen LogP contribution in [-0.2, 0) is 11.2 Å². The van der Waals surface area contributed by atoms with Crippen LogP contribution in [0.3, 0.4) is 0 Å². The summed E-state index contributed by atoms with van der Waals surface area (Å²) in [7, 11) is 0. The van der Waals surface area contributed by atoms with E-state index in [0.29, 0.717) is 19.6 Å². The lowest BCUT2D eigenvalue weighted by Crippen LogP contribution is -2.42. The summed E-state index contributed by atoms with van der Waals surface area (Å²) in [5, 5.41) is 6.79. The molecule has 25 heavy (non-hydrogen) atoms. The number of carbonyl (C=O) groups is 1. The Morgan fingerprint density at radius 1 is 1.40 bits per heavy atom. The number of pyridine rings is 1. The number of aryl methyl sites for hydroxylation is 1. The molecule has 2 aromatic rings. The van der Waals surface area contributed by atoms with Crippen LogP contribution in [0.15, 0.2) is 27.5 Å². The predicted octanol–water partition coefficient (Wildman–Crippen LogP) is 1.78. The van der Waals surface area contributed by atoms with Crippen LogP contribution < -0.4 is 10.9 Å². The molecule has 3 rings (SSSR count). The second-order valence-corrected chi connectivity index (χ2v) is 6.83. The van der Waals surface area contributed by atoms with Crippen LogP contribution >= 0.6 is 0 Å². The molecule has 2 atom stereocenters. The number of aromatic amines is 1. The summed E-state index contributed by atoms with van der Waals surface area (Å²) in [6.45, 7) is 6.79. The van der Waals surface area contributed by atoms with Crippen molar-refractivity contribution in [2.45, 2.75) is 39.2 Å². The summed E-state index contributed by atoms with van der Waals surface area (Å²) in [6, 6.07) is 5.07. The van der Waals surface area contributed by atoms with Gasteiger partial charge < -0.3 is 19.6 Å². The molecule has 0 radical (unpaired) electrons. The van der Waals surface area contributed by atoms with Crippen molar-refractivity contribution in [3.63, 3.8) is 0 Å². The zero-order chi connectivity index (χ0) is 18.0. The van der Waals surface area contributed by atoms with E-state index in [-0.39, 0.29) is 34.9 Å². The number of rotatable bonds is 5. The molecule has 7 nitrogen and oxygen atoms in total. The molecule has 2 N–H and O–H groups in total. The Balaban J connectivity index is 1.68. The third-order valence-electron chi connectivity index (χ3n) is 4.45. The van der Waals surface area contributed by atoms with Crippen molar-refractivity contribution in [1.82, 2.24) is 15.5 Å². The van der Waals surface area contributed by atoms with Crippen molar-refractivity contribution in [3.8, 4) is 0 Å². The number of ether oxygens (including phenoxy) is 1. The first kappa shape index (κ1) is 17.4. The number of aromatic nitrogens is 2. The van der Waals surface area contributed by atoms with Crippen LogP contribution in [0.25, 0.3) is 0 Å². The molecule has 7 heteroatoms. The molecule has 0 spiro atoms. The molecule has 1 aliphatic rings. The van der Waals surface area contributed by atoms with E-state index >= 15 is 0 Å². The fourth-order valence-corrected chi connectivity index (χ4v) is 2.98. The third-order valence-corrected chi connectivity index (χ3v) is 4.45. The largest absolute Gasteiger partial charge is 0.379 e. The van der Waals surface area contributed by atoms with Gasteiger partial charge in [0.2, 0.25) is 0 Å². The van der Waals surface area contributed by atoms with Crippen LogP contribution in [0, 0.1) is 12.8 Å². The minimum atomic E-state index is -0.384. The van der Waals surface area contributed by atoms with Crippen molar-refractivity contribution < 1.29 is 14.1 Å². The van der Waals surface area contributed by atoms with Crippen LogP contribution in [0.4, 0.5) is 0 Å². The summed E-state index contributed by atoms with van der Waals surface area (Å²) in [5.41, 5.74) is 1.38. The van der Waals surface area contributed by atoms with Crippen LogP contribution in [0.1, 0.15) is 47.3 Å². The molecule has 1 saturated heterocycles. The maximum absolute atomic E-state index is 12.5. The van der Waals surface area contributed by atoms with Gasteiger partial charge in [0, 0.05) is 24.1 Å². The van der Waals surface area contributed by atoms with Gasteiger partial charge in [0.1, 0.15) is 11.3 Å². The van der Waals surface area contributed by atoms with E-state index in [4.69, 9.17) is 9.26 Å². The van der Waals surface area contributed by atoms with Gasteiger partial charge in [0.15, 0.2) is 0 Å². The molecular weight excluding hydrogens is 322 g/mol. The highest BCUT2D eigenvalue weighted by Crippen LogP contribution is 2.20. The molecular formula is C18H23N3O4. The smallest absolute Gasteiger partial charge is 0.261 e. The lowest BCUT2D eigenvalue weighted by molar-refractivity contribution is 0.0923. The van der Waals surface area contributed by atoms with Gasteiger partial charge >= 0.3 is 0 Å². The highest BCUT2D eigenvalue weighted by atomic mass is 16.5. The van der Waals surface area contributed by atoms with Gasteiger partial charge in [-0.3, -0.25) is 9.59 Å². The monoisotopic (exact) mass is 345 g/mol. The molecule has 0 aliphatic carbocycles. The van der Waals surface area contributed by atoms with Crippen molar-refractivity contribution >= 4 is 5.91 Å². The molecule has 0 bridgehead atoms. The highest BCUT2D eigenvalue weighted by molar-refractivity contribution is 5.94. The first-order chi connectivity index (χ1) is 11.9. The van der Waals surface area contributed by atoms with E-state index < -0.39 is 0 Å². The molecule has 0 unspecified atom stereocenters. The van der Waals surface area contributed by atoms with Gasteiger partial charge in [-0.25, -0.2) is 0 Å². The fourth-order valence-electron chi connectivity index (χ4n) is 2.98. The van der Waals surface area contributed by atoms with Gasteiger partial charge in [0.25, 0.3) is 11.5 Å². The average Bonchev–Trinajstić information content (AvgIpc) is 3.16. The lowest BCUT2D eigenvalue weighted by Gasteiger charge is -2.18. The van der Waals surface area contributed by atoms with Crippen molar-refractivity contribution in [3.05, 3.63) is 51.3 Å². The van der Waals surface area contributed by atoms with Gasteiger partial charge in [0.05, 0.1) is 24.9 Å². The fraction of sp³-hybridized carbons (Fsp3) is 0.500. The predicted molar refractivity (Wildman–Crippen MR) is 91.7 cm³/mol. The highest BCUT2D eigenvalue weighted by Gasteiger charge is 2.31. The second kappa shape index (κ2) is 7.23. The standard InChI is InChI=1S/C18H23N3O4/c1-10(2)15-5-4-14(17(22)19-15)18(23)20-16-9-24-8-12(16)7-13-6-11(3)21-25-13/h4-6,10,12,16H,7-9H2,1-3H3,(H,19,22)(H,20,23)/t12-,16+/m1/s1. The van der Waals surface area contributed by atoms with Gasteiger partial charge in [-0.2, -0.15) is 0 Å². The second-order valence-electron chi connectivity index (χ2n) is 6.83. The van der Waals surface area contributed by atoms with Crippen molar-refractivity contribution in [2.75, 3.05) is 13.2 Å². The van der Waals surface area contributed by atoms with E-state index in [1.54, 1.807) is 12.1 Å². The number of carbonyl (C=O) groups excluding carboxylic acids is 1. The number of hydrogen-bond donors (Lipinski definition) is 2. The van der Waals surface area contributed by atoms with Gasteiger partial charge in [-0.15, -0.1) is 0 Å². The number of hydrogen-bond acceptors (Lipinski definition) is 5. The van der Waals surface area contributed by atoms with E-state index in [9.17, 15) is 9.59 Å². The molecule has 2 aromatic heterocycles. The number of nitrogens with zero attached hydrogens (tertiary/aromatic N) is 1. The van der Waals surface area contributed by atoms with E-state index in [0.717, 1.165) is 17.1 Å². The first-order valence-electron chi connectivity index (χ1n) is 8.48. The van der Waals surface area contributed by atoms with Gasteiger partial charge in [-0.05, 0) is 25.0 Å². The molecule has 1 aliphatic heterocycles. The Hall–Kier alpha value is -2.41. The zero-order valence-corrected chi connectivity index (χ0v) is 14.7. The molecule has 1 amide bonds. The normalized spacial score (nSPS) is 20.2. The summed E-state index contributed by atoms with van der Waals surface area (Å²) in [5.74, 6) is 0.672. The minimum Gasteiger partial charge on any atom is -0.379 e. The topological polar surface area (TPSA) is 97.2 Å². The maximum Gasteiger partial charge on any atom is 0.261 e. The van der Waals surface area contributed by atoms with Crippen LogP contribution in [-0.4, -0.2) is 35.3 Å². The Kier molecular flexibility index (Phi) is 5.03. The van der Waals surface area contributed by atoms with Crippen LogP contribution in [0.5, 0.6) is 0 Å². The Labute approximate surface area is 145 Å². The van der Waals surface area contributed by atoms with E-state index in [2.05, 4.69) is 15.5 Å². The third kappa shape index (κ3) is 3.99. The number of nitrogens with one attached hydrogen (secondary N) is 2. The summed E-state index contributed by atoms with van der Waals surface area (Å²) in [4.78, 5) is 27.4. The Morgan fingerprint density at radius 3 is 2.84 bits per heavy atom. The number of amides is 1. The Bertz CT molecular complexity index is 809. The molecule has 134 valence electrons. The minimum absolute atomic E-state index is 0.0883. The SMILES string of the molecule is Cc1cc(C[C@@H]2COC[C@@H]2NC(=O)c2ccc(C(C)C)[nH]c2=O)on1. The quantitative estimate of drug-likeness (QED) is 0.861. The van der Waals surface area contributed by atoms with Crippen LogP contribution in [0.2, 0.25) is 0 Å². The Morgan fingerprint density at radius 2 is 2.20 bits per heavy atom. The number of H-pyrrole nitrogens is 1. The molecule has 0 aromatic carbocycles. The average molecular weight is 345 g/mol. The molecule has 0 saturated carbocycles. The van der Waals surface area contributed by atoms with E-state index in [1.807, 2.05) is 26.8 Å². The van der Waals surface area contributed by atoms with E-state index in [1.165, 1.54) is 0 Å². The maximum atomic E-state index is 12.5. The van der Waals surface area contributed by atoms with Crippen molar-refractivity contribution in [2.24, 2.45) is 5.92 Å². The summed E-state index contributed by atoms with van der Waals surface area (Å²) >= 11 is 0. The lowest BCUT2D eigenvalue weighted by atomic mass is 9.98. The molecule has 3 heterocycles. The van der Waals surface area contributed by atoms with Crippen molar-refractivity contribution in [1.29, 1.82) is 0 Å². The first-order valence-corrected chi connectivity index (χ1v) is 8.48. The van der Waals surface area contributed by atoms with Gasteiger partial charge in [-0.1, -0.05) is 19.0 Å².